The van der Waals surface area contributed by atoms with Crippen molar-refractivity contribution in [3.8, 4) is 0 Å². The van der Waals surface area contributed by atoms with E-state index in [-0.39, 0.29) is 0 Å². The smallest absolute Gasteiger partial charge is 0.303 e. The minimum atomic E-state index is -0.666. The van der Waals surface area contributed by atoms with Crippen LogP contribution in [0.4, 0.5) is 0 Å². The van der Waals surface area contributed by atoms with Crippen molar-refractivity contribution < 1.29 is 15.0 Å². The fourth-order valence-electron chi connectivity index (χ4n) is 13.4. The van der Waals surface area contributed by atoms with E-state index in [2.05, 4.69) is 5.32 Å². The first-order valence-electron chi connectivity index (χ1n) is 39.8. The van der Waals surface area contributed by atoms with Gasteiger partial charge in [0.1, 0.15) is 0 Å². The van der Waals surface area contributed by atoms with E-state index in [1.54, 1.807) is 0 Å². The highest BCUT2D eigenvalue weighted by atomic mass is 16.4. The van der Waals surface area contributed by atoms with Gasteiger partial charge in [-0.25, -0.2) is 0 Å². The van der Waals surface area contributed by atoms with Crippen molar-refractivity contribution in [1.82, 2.24) is 5.32 Å². The second-order valence-corrected chi connectivity index (χ2v) is 27.8. The molecule has 0 radical (unpaired) electrons. The number of unbranched alkanes of at least 4 members (excludes halogenated alkanes) is 72. The van der Waals surface area contributed by atoms with Gasteiger partial charge in [-0.1, -0.05) is 449 Å². The van der Waals surface area contributed by atoms with Crippen LogP contribution < -0.4 is 5.32 Å². The summed E-state index contributed by atoms with van der Waals surface area (Å²) in [5.41, 5.74) is 0. The molecule has 83 heavy (non-hydrogen) atoms. The lowest BCUT2D eigenvalue weighted by atomic mass is 10.0. The summed E-state index contributed by atoms with van der Waals surface area (Å²) in [7, 11) is 0. The summed E-state index contributed by atoms with van der Waals surface area (Å²) in [5, 5.41) is 21.0. The molecule has 498 valence electrons. The topological polar surface area (TPSA) is 69.6 Å². The normalized spacial score (nSPS) is 11.7. The van der Waals surface area contributed by atoms with Crippen molar-refractivity contribution in [2.24, 2.45) is 0 Å². The molecule has 0 spiro atoms. The van der Waals surface area contributed by atoms with Gasteiger partial charge in [0, 0.05) is 13.0 Å². The number of rotatable bonds is 79. The van der Waals surface area contributed by atoms with Crippen LogP contribution in [-0.4, -0.2) is 35.9 Å². The maximum atomic E-state index is 10.5. The maximum absolute atomic E-state index is 10.5. The Balaban J connectivity index is 3.08. The Kier molecular flexibility index (Phi) is 78.8. The molecule has 0 unspecified atom stereocenters. The predicted octanol–water partition coefficient (Wildman–Crippen LogP) is 27.9. The molecule has 0 amide bonds. The molecular weight excluding hydrogens is 1010 g/mol. The fraction of sp³-hybridized carbons (Fsp3) is 0.987. The number of hydrogen-bond donors (Lipinski definition) is 3. The number of hydrogen-bond acceptors (Lipinski definition) is 3. The molecule has 0 fully saturated rings. The molecule has 4 heteroatoms. The van der Waals surface area contributed by atoms with Gasteiger partial charge in [-0.2, -0.15) is 0 Å². The van der Waals surface area contributed by atoms with Crippen LogP contribution in [-0.2, 0) is 4.79 Å². The van der Waals surface area contributed by atoms with E-state index >= 15 is 0 Å². The Labute approximate surface area is 525 Å². The van der Waals surface area contributed by atoms with Crippen LogP contribution in [0.1, 0.15) is 482 Å². The van der Waals surface area contributed by atoms with E-state index in [1.807, 2.05) is 0 Å². The van der Waals surface area contributed by atoms with Gasteiger partial charge in [-0.3, -0.25) is 4.79 Å². The predicted molar refractivity (Wildman–Crippen MR) is 374 cm³/mol. The fourth-order valence-corrected chi connectivity index (χ4v) is 13.4. The second kappa shape index (κ2) is 79.4. The lowest BCUT2D eigenvalue weighted by molar-refractivity contribution is -0.137. The molecule has 0 aromatic heterocycles. The Morgan fingerprint density at radius 3 is 0.398 bits per heavy atom. The van der Waals surface area contributed by atoms with Crippen molar-refractivity contribution >= 4 is 5.97 Å². The van der Waals surface area contributed by atoms with Crippen LogP contribution in [0.3, 0.4) is 0 Å². The van der Waals surface area contributed by atoms with Crippen LogP contribution in [0.5, 0.6) is 0 Å². The Bertz CT molecular complexity index is 1110. The van der Waals surface area contributed by atoms with E-state index in [4.69, 9.17) is 10.2 Å². The highest BCUT2D eigenvalue weighted by molar-refractivity contribution is 5.66. The minimum absolute atomic E-state index is 0.319. The minimum Gasteiger partial charge on any atom is -0.481 e. The first-order chi connectivity index (χ1) is 41.3. The number of nitrogens with one attached hydrogen (secondary N) is 1. The quantitative estimate of drug-likeness (QED) is 0.0531. The monoisotopic (exact) mass is 1170 g/mol. The molecule has 0 atom stereocenters. The van der Waals surface area contributed by atoms with E-state index in [9.17, 15) is 4.79 Å². The van der Waals surface area contributed by atoms with E-state index in [0.717, 1.165) is 38.8 Å². The highest BCUT2D eigenvalue weighted by Gasteiger charge is 2.02. The third-order valence-corrected chi connectivity index (χ3v) is 19.3. The van der Waals surface area contributed by atoms with Crippen molar-refractivity contribution in [3.05, 3.63) is 0 Å². The molecule has 0 saturated heterocycles. The van der Waals surface area contributed by atoms with E-state index < -0.39 is 5.97 Å². The van der Waals surface area contributed by atoms with E-state index in [1.165, 1.54) is 449 Å². The van der Waals surface area contributed by atoms with Gasteiger partial charge in [0.05, 0.1) is 0 Å². The van der Waals surface area contributed by atoms with Crippen LogP contribution in [0, 0.1) is 0 Å². The zero-order valence-electron chi connectivity index (χ0n) is 57.5. The third-order valence-electron chi connectivity index (χ3n) is 19.3. The average Bonchev–Trinajstić information content (AvgIpc) is 3.48. The van der Waals surface area contributed by atoms with Gasteiger partial charge >= 0.3 is 5.97 Å². The third kappa shape index (κ3) is 81.4. The molecular formula is C79H159NO3. The largest absolute Gasteiger partial charge is 0.481 e. The van der Waals surface area contributed by atoms with E-state index in [0.29, 0.717) is 13.0 Å². The van der Waals surface area contributed by atoms with Crippen molar-refractivity contribution in [2.75, 3.05) is 19.7 Å². The molecule has 0 saturated carbocycles. The number of aliphatic hydroxyl groups excluding tert-OH is 1. The van der Waals surface area contributed by atoms with Gasteiger partial charge in [-0.05, 0) is 38.8 Å². The maximum Gasteiger partial charge on any atom is 0.303 e. The number of carbonyl (C=O) groups is 1. The number of carboxylic acid groups (broad SMARTS) is 1. The second-order valence-electron chi connectivity index (χ2n) is 27.8. The molecule has 0 aromatic rings. The number of aliphatic carboxylic acids is 1. The van der Waals surface area contributed by atoms with Gasteiger partial charge in [0.25, 0.3) is 0 Å². The SMILES string of the molecule is O=C(O)CCCCCNCCCCCCCCCCCCCCCCCCCCCCCCCCCCCCCCCCCCCCCCCCCCCCCCCCCCCCCCCCCCCCCCCCCCCCCCCO. The lowest BCUT2D eigenvalue weighted by Crippen LogP contribution is -2.16. The molecule has 0 aliphatic carbocycles. The summed E-state index contributed by atoms with van der Waals surface area (Å²) in [6, 6.07) is 0. The summed E-state index contributed by atoms with van der Waals surface area (Å²) < 4.78 is 0. The van der Waals surface area contributed by atoms with Gasteiger partial charge in [-0.15, -0.1) is 0 Å². The highest BCUT2D eigenvalue weighted by Crippen LogP contribution is 2.21. The van der Waals surface area contributed by atoms with Crippen molar-refractivity contribution in [3.63, 3.8) is 0 Å². The molecule has 0 heterocycles. The summed E-state index contributed by atoms with van der Waals surface area (Å²) in [4.78, 5) is 10.5. The Morgan fingerprint density at radius 1 is 0.169 bits per heavy atom. The van der Waals surface area contributed by atoms with Crippen molar-refractivity contribution in [1.29, 1.82) is 0 Å². The van der Waals surface area contributed by atoms with Crippen LogP contribution in [0.25, 0.3) is 0 Å². The Hall–Kier alpha value is -0.610. The summed E-state index contributed by atoms with van der Waals surface area (Å²) in [6.07, 6.45) is 107. The molecule has 0 aliphatic heterocycles. The Morgan fingerprint density at radius 2 is 0.277 bits per heavy atom. The average molecular weight is 1170 g/mol. The number of aliphatic hydroxyl groups is 1. The van der Waals surface area contributed by atoms with Crippen molar-refractivity contribution in [2.45, 2.75) is 482 Å². The molecule has 0 aliphatic rings. The molecule has 0 rings (SSSR count). The zero-order valence-corrected chi connectivity index (χ0v) is 57.5. The summed E-state index contributed by atoms with van der Waals surface area (Å²) in [5.74, 6) is -0.666. The molecule has 4 nitrogen and oxygen atoms in total. The summed E-state index contributed by atoms with van der Waals surface area (Å²) >= 11 is 0. The van der Waals surface area contributed by atoms with Gasteiger partial charge in [0.15, 0.2) is 0 Å². The van der Waals surface area contributed by atoms with Crippen LogP contribution in [0.2, 0.25) is 0 Å². The lowest BCUT2D eigenvalue weighted by Gasteiger charge is -2.05. The molecule has 0 aromatic carbocycles. The van der Waals surface area contributed by atoms with Crippen LogP contribution in [0.15, 0.2) is 0 Å². The van der Waals surface area contributed by atoms with Gasteiger partial charge < -0.3 is 15.5 Å². The summed E-state index contributed by atoms with van der Waals surface area (Å²) in [6.45, 7) is 2.54. The first kappa shape index (κ1) is 82.4. The van der Waals surface area contributed by atoms with Crippen LogP contribution >= 0.6 is 0 Å². The standard InChI is InChI=1S/C79H159NO3/c81-78-74-69-67-65-63-61-59-57-55-53-51-49-47-45-43-41-39-37-35-33-31-29-27-25-23-21-19-17-15-13-11-9-7-5-3-1-2-4-6-8-10-12-14-16-18-20-22-24-26-28-30-32-34-36-38-40-42-44-46-48-50-52-54-56-58-60-62-64-66-68-72-76-80-77-73-70-71-75-79(82)83/h80-81H,1-78H2,(H,82,83). The first-order valence-corrected chi connectivity index (χ1v) is 39.8. The zero-order chi connectivity index (χ0) is 59.4. The molecule has 0 bridgehead atoms. The molecule has 3 N–H and O–H groups in total. The van der Waals surface area contributed by atoms with Gasteiger partial charge in [0.2, 0.25) is 0 Å². The number of carboxylic acids is 1.